The van der Waals surface area contributed by atoms with Gasteiger partial charge in [0.1, 0.15) is 0 Å². The molecule has 82 valence electrons. The van der Waals surface area contributed by atoms with Crippen molar-refractivity contribution in [3.8, 4) is 0 Å². The number of halogens is 1. The molecule has 0 saturated heterocycles. The number of hydrogen-bond acceptors (Lipinski definition) is 2. The lowest BCUT2D eigenvalue weighted by Crippen LogP contribution is -2.27. The highest BCUT2D eigenvalue weighted by molar-refractivity contribution is 9.10. The fourth-order valence-corrected chi connectivity index (χ4v) is 4.21. The molecule has 0 radical (unpaired) electrons. The second-order valence-electron chi connectivity index (χ2n) is 4.38. The van der Waals surface area contributed by atoms with Crippen molar-refractivity contribution < 1.29 is 5.11 Å². The van der Waals surface area contributed by atoms with Crippen molar-refractivity contribution in [1.29, 1.82) is 0 Å². The van der Waals surface area contributed by atoms with E-state index in [4.69, 9.17) is 0 Å². The minimum absolute atomic E-state index is 0.667. The van der Waals surface area contributed by atoms with Crippen LogP contribution in [0, 0.1) is 13.8 Å². The molecule has 1 atom stereocenters. The topological polar surface area (TPSA) is 20.2 Å². The van der Waals surface area contributed by atoms with Crippen LogP contribution in [0.3, 0.4) is 0 Å². The van der Waals surface area contributed by atoms with Gasteiger partial charge in [-0.15, -0.1) is 11.8 Å². The fourth-order valence-electron chi connectivity index (χ4n) is 2.16. The van der Waals surface area contributed by atoms with Crippen molar-refractivity contribution >= 4 is 27.7 Å². The van der Waals surface area contributed by atoms with E-state index < -0.39 is 5.60 Å². The van der Waals surface area contributed by atoms with E-state index in [1.807, 2.05) is 18.7 Å². The van der Waals surface area contributed by atoms with Gasteiger partial charge in [-0.3, -0.25) is 0 Å². The summed E-state index contributed by atoms with van der Waals surface area (Å²) in [5.74, 6) is 1.00. The molecule has 1 aliphatic heterocycles. The largest absolute Gasteiger partial charge is 0.385 e. The first-order valence-electron chi connectivity index (χ1n) is 5.09. The van der Waals surface area contributed by atoms with E-state index in [0.29, 0.717) is 0 Å². The molecule has 1 heterocycles. The van der Waals surface area contributed by atoms with Gasteiger partial charge in [0, 0.05) is 20.7 Å². The molecule has 0 aliphatic carbocycles. The summed E-state index contributed by atoms with van der Waals surface area (Å²) < 4.78 is 1.10. The molecule has 15 heavy (non-hydrogen) atoms. The Morgan fingerprint density at radius 1 is 1.47 bits per heavy atom. The molecule has 1 unspecified atom stereocenters. The Bertz CT molecular complexity index is 413. The van der Waals surface area contributed by atoms with Crippen LogP contribution in [0.15, 0.2) is 15.4 Å². The zero-order chi connectivity index (χ0) is 11.2. The molecule has 0 aromatic heterocycles. The van der Waals surface area contributed by atoms with Crippen LogP contribution >= 0.6 is 27.7 Å². The Balaban J connectivity index is 2.74. The van der Waals surface area contributed by atoms with Gasteiger partial charge in [-0.25, -0.2) is 0 Å². The Kier molecular flexibility index (Phi) is 2.91. The summed E-state index contributed by atoms with van der Waals surface area (Å²) in [6.07, 6.45) is 0.835. The van der Waals surface area contributed by atoms with Crippen molar-refractivity contribution in [3.63, 3.8) is 0 Å². The SMILES string of the molecule is Cc1cc(Br)c(C)c2c1SCCC2(C)O. The number of aliphatic hydroxyl groups is 1. The molecule has 3 heteroatoms. The van der Waals surface area contributed by atoms with Crippen molar-refractivity contribution in [1.82, 2.24) is 0 Å². The van der Waals surface area contributed by atoms with E-state index in [9.17, 15) is 5.11 Å². The lowest BCUT2D eigenvalue weighted by atomic mass is 9.88. The maximum atomic E-state index is 10.4. The minimum Gasteiger partial charge on any atom is -0.385 e. The zero-order valence-corrected chi connectivity index (χ0v) is 11.6. The maximum absolute atomic E-state index is 10.4. The van der Waals surface area contributed by atoms with E-state index in [-0.39, 0.29) is 0 Å². The summed E-state index contributed by atoms with van der Waals surface area (Å²) in [6, 6.07) is 2.14. The molecule has 0 saturated carbocycles. The van der Waals surface area contributed by atoms with Gasteiger partial charge in [-0.1, -0.05) is 15.9 Å². The number of benzene rings is 1. The van der Waals surface area contributed by atoms with Crippen molar-refractivity contribution in [3.05, 3.63) is 27.2 Å². The van der Waals surface area contributed by atoms with Crippen LogP contribution in [-0.4, -0.2) is 10.9 Å². The average molecular weight is 287 g/mol. The predicted molar refractivity (Wildman–Crippen MR) is 68.5 cm³/mol. The second kappa shape index (κ2) is 3.79. The lowest BCUT2D eigenvalue weighted by molar-refractivity contribution is 0.0489. The Morgan fingerprint density at radius 2 is 2.13 bits per heavy atom. The first-order chi connectivity index (χ1) is 6.93. The molecular weight excluding hydrogens is 272 g/mol. The summed E-state index contributed by atoms with van der Waals surface area (Å²) >= 11 is 5.42. The van der Waals surface area contributed by atoms with Crippen LogP contribution < -0.4 is 0 Å². The standard InChI is InChI=1S/C12H15BrOS/c1-7-6-9(13)8(2)10-11(7)15-5-4-12(10,3)14/h6,14H,4-5H2,1-3H3. The van der Waals surface area contributed by atoms with Gasteiger partial charge in [-0.2, -0.15) is 0 Å². The molecule has 0 spiro atoms. The van der Waals surface area contributed by atoms with E-state index in [0.717, 1.165) is 22.2 Å². The van der Waals surface area contributed by atoms with E-state index in [1.165, 1.54) is 16.0 Å². The molecule has 1 N–H and O–H groups in total. The second-order valence-corrected chi connectivity index (χ2v) is 6.34. The highest BCUT2D eigenvalue weighted by Gasteiger charge is 2.33. The third kappa shape index (κ3) is 1.85. The number of fused-ring (bicyclic) bond motifs is 1. The quantitative estimate of drug-likeness (QED) is 0.784. The van der Waals surface area contributed by atoms with E-state index in [2.05, 4.69) is 35.8 Å². The highest BCUT2D eigenvalue weighted by atomic mass is 79.9. The lowest BCUT2D eigenvalue weighted by Gasteiger charge is -2.33. The normalized spacial score (nSPS) is 25.1. The minimum atomic E-state index is -0.667. The van der Waals surface area contributed by atoms with Crippen LogP contribution in [-0.2, 0) is 5.60 Å². The smallest absolute Gasteiger partial charge is 0.0890 e. The summed E-state index contributed by atoms with van der Waals surface area (Å²) in [4.78, 5) is 1.27. The molecule has 0 fully saturated rings. The Hall–Kier alpha value is 0.01000. The molecule has 1 nitrogen and oxygen atoms in total. The third-order valence-corrected chi connectivity index (χ3v) is 5.08. The van der Waals surface area contributed by atoms with Crippen LogP contribution in [0.4, 0.5) is 0 Å². The van der Waals surface area contributed by atoms with Crippen LogP contribution in [0.5, 0.6) is 0 Å². The number of aryl methyl sites for hydroxylation is 1. The van der Waals surface area contributed by atoms with Gasteiger partial charge < -0.3 is 5.11 Å². The molecule has 1 aromatic carbocycles. The van der Waals surface area contributed by atoms with Gasteiger partial charge in [0.2, 0.25) is 0 Å². The average Bonchev–Trinajstić information content (AvgIpc) is 2.13. The number of rotatable bonds is 0. The predicted octanol–water partition coefficient (Wildman–Crippen LogP) is 3.77. The number of thioether (sulfide) groups is 1. The summed E-state index contributed by atoms with van der Waals surface area (Å²) in [7, 11) is 0. The maximum Gasteiger partial charge on any atom is 0.0890 e. The summed E-state index contributed by atoms with van der Waals surface area (Å²) in [6.45, 7) is 6.10. The first kappa shape index (κ1) is 11.5. The summed E-state index contributed by atoms with van der Waals surface area (Å²) in [5, 5.41) is 10.4. The van der Waals surface area contributed by atoms with Gasteiger partial charge in [0.25, 0.3) is 0 Å². The monoisotopic (exact) mass is 286 g/mol. The zero-order valence-electron chi connectivity index (χ0n) is 9.22. The molecule has 1 aromatic rings. The van der Waals surface area contributed by atoms with Crippen molar-refractivity contribution in [2.24, 2.45) is 0 Å². The summed E-state index contributed by atoms with van der Waals surface area (Å²) in [5.41, 5.74) is 2.88. The molecule has 1 aliphatic rings. The highest BCUT2D eigenvalue weighted by Crippen LogP contribution is 2.45. The van der Waals surface area contributed by atoms with E-state index >= 15 is 0 Å². The van der Waals surface area contributed by atoms with Gasteiger partial charge in [0.05, 0.1) is 5.60 Å². The number of hydrogen-bond donors (Lipinski definition) is 1. The molecule has 0 bridgehead atoms. The Labute approximate surface area is 103 Å². The molecular formula is C12H15BrOS. The van der Waals surface area contributed by atoms with Crippen LogP contribution in [0.25, 0.3) is 0 Å². The molecule has 2 rings (SSSR count). The third-order valence-electron chi connectivity index (χ3n) is 3.04. The van der Waals surface area contributed by atoms with Crippen molar-refractivity contribution in [2.75, 3.05) is 5.75 Å². The van der Waals surface area contributed by atoms with Crippen molar-refractivity contribution in [2.45, 2.75) is 37.7 Å². The van der Waals surface area contributed by atoms with Gasteiger partial charge >= 0.3 is 0 Å². The van der Waals surface area contributed by atoms with Gasteiger partial charge in [-0.05, 0) is 44.4 Å². The first-order valence-corrected chi connectivity index (χ1v) is 6.86. The fraction of sp³-hybridized carbons (Fsp3) is 0.500. The van der Waals surface area contributed by atoms with Gasteiger partial charge in [0.15, 0.2) is 0 Å². The van der Waals surface area contributed by atoms with Crippen LogP contribution in [0.2, 0.25) is 0 Å². The molecule has 0 amide bonds. The van der Waals surface area contributed by atoms with Crippen LogP contribution in [0.1, 0.15) is 30.0 Å². The van der Waals surface area contributed by atoms with E-state index in [1.54, 1.807) is 0 Å². The Morgan fingerprint density at radius 3 is 2.80 bits per heavy atom.